The van der Waals surface area contributed by atoms with Crippen molar-refractivity contribution >= 4 is 44.9 Å². The van der Waals surface area contributed by atoms with Gasteiger partial charge in [-0.05, 0) is 24.3 Å². The monoisotopic (exact) mass is 345 g/mol. The molecule has 0 spiro atoms. The van der Waals surface area contributed by atoms with Crippen LogP contribution in [-0.2, 0) is 10.0 Å². The van der Waals surface area contributed by atoms with E-state index in [1.54, 1.807) is 6.07 Å². The number of rotatable bonds is 4. The van der Waals surface area contributed by atoms with Gasteiger partial charge in [0.15, 0.2) is 0 Å². The molecular weight excluding hydrogens is 337 g/mol. The number of benzene rings is 2. The van der Waals surface area contributed by atoms with Crippen LogP contribution in [0.5, 0.6) is 0 Å². The summed E-state index contributed by atoms with van der Waals surface area (Å²) in [5.74, 6) is -1.30. The molecule has 0 bridgehead atoms. The van der Waals surface area contributed by atoms with E-state index in [-0.39, 0.29) is 26.2 Å². The molecule has 2 aromatic carbocycles. The maximum atomic E-state index is 12.3. The van der Waals surface area contributed by atoms with E-state index in [9.17, 15) is 13.2 Å². The highest BCUT2D eigenvalue weighted by Gasteiger charge is 2.22. The number of nitrogens with one attached hydrogen (secondary N) is 1. The highest BCUT2D eigenvalue weighted by Crippen LogP contribution is 2.30. The van der Waals surface area contributed by atoms with Gasteiger partial charge < -0.3 is 5.11 Å². The Morgan fingerprint density at radius 3 is 2.24 bits per heavy atom. The molecule has 0 fully saturated rings. The number of carboxylic acids is 1. The zero-order valence-corrected chi connectivity index (χ0v) is 12.7. The number of sulfonamides is 1. The zero-order valence-electron chi connectivity index (χ0n) is 10.4. The fourth-order valence-corrected chi connectivity index (χ4v) is 3.56. The molecule has 0 aromatic heterocycles. The van der Waals surface area contributed by atoms with Gasteiger partial charge in [-0.2, -0.15) is 0 Å². The fraction of sp³-hybridized carbons (Fsp3) is 0. The number of carboxylic acid groups (broad SMARTS) is 1. The summed E-state index contributed by atoms with van der Waals surface area (Å²) in [4.78, 5) is 11.0. The SMILES string of the molecule is O=C(O)c1cccc(Cl)c1NS(=O)(=O)c1ccccc1Cl. The Balaban J connectivity index is 2.52. The van der Waals surface area contributed by atoms with Crippen molar-refractivity contribution in [3.8, 4) is 0 Å². The highest BCUT2D eigenvalue weighted by molar-refractivity contribution is 7.92. The van der Waals surface area contributed by atoms with Crippen LogP contribution in [0.25, 0.3) is 0 Å². The first-order valence-electron chi connectivity index (χ1n) is 5.62. The Hall–Kier alpha value is -1.76. The molecule has 0 amide bonds. The average molecular weight is 346 g/mol. The molecule has 0 aliphatic carbocycles. The van der Waals surface area contributed by atoms with E-state index in [0.717, 1.165) is 0 Å². The Morgan fingerprint density at radius 1 is 1.00 bits per heavy atom. The van der Waals surface area contributed by atoms with Crippen LogP contribution in [0.3, 0.4) is 0 Å². The lowest BCUT2D eigenvalue weighted by Crippen LogP contribution is -2.16. The van der Waals surface area contributed by atoms with Gasteiger partial charge in [0, 0.05) is 0 Å². The summed E-state index contributed by atoms with van der Waals surface area (Å²) in [7, 11) is -4.05. The topological polar surface area (TPSA) is 83.5 Å². The number of hydrogen-bond donors (Lipinski definition) is 2. The van der Waals surface area contributed by atoms with E-state index in [0.29, 0.717) is 0 Å². The number of anilines is 1. The van der Waals surface area contributed by atoms with E-state index in [1.807, 2.05) is 0 Å². The van der Waals surface area contributed by atoms with Gasteiger partial charge >= 0.3 is 5.97 Å². The Labute approximate surface area is 131 Å². The average Bonchev–Trinajstić information content (AvgIpc) is 2.41. The van der Waals surface area contributed by atoms with Crippen LogP contribution in [0.15, 0.2) is 47.4 Å². The normalized spacial score (nSPS) is 11.1. The van der Waals surface area contributed by atoms with Crippen LogP contribution < -0.4 is 4.72 Å². The third kappa shape index (κ3) is 3.29. The molecule has 0 heterocycles. The Morgan fingerprint density at radius 2 is 1.62 bits per heavy atom. The van der Waals surface area contributed by atoms with Crippen molar-refractivity contribution in [3.63, 3.8) is 0 Å². The first-order chi connectivity index (χ1) is 9.83. The Bertz CT molecular complexity index is 806. The summed E-state index contributed by atoms with van der Waals surface area (Å²) < 4.78 is 26.8. The minimum absolute atomic E-state index is 0.0222. The number of para-hydroxylation sites is 1. The van der Waals surface area contributed by atoms with Crippen LogP contribution in [0.1, 0.15) is 10.4 Å². The summed E-state index contributed by atoms with van der Waals surface area (Å²) in [5, 5.41) is 9.09. The fourth-order valence-electron chi connectivity index (χ4n) is 1.66. The van der Waals surface area contributed by atoms with Crippen molar-refractivity contribution in [1.82, 2.24) is 0 Å². The standard InChI is InChI=1S/C13H9Cl2NO4S/c14-9-5-1-2-7-11(9)21(19,20)16-12-8(13(17)18)4-3-6-10(12)15/h1-7,16H,(H,17,18). The molecule has 110 valence electrons. The molecule has 2 N–H and O–H groups in total. The quantitative estimate of drug-likeness (QED) is 0.888. The maximum Gasteiger partial charge on any atom is 0.337 e. The molecule has 21 heavy (non-hydrogen) atoms. The molecule has 0 aliphatic rings. The number of aromatic carboxylic acids is 1. The van der Waals surface area contributed by atoms with Gasteiger partial charge in [0.1, 0.15) is 4.90 Å². The van der Waals surface area contributed by atoms with Crippen molar-refractivity contribution in [2.24, 2.45) is 0 Å². The summed E-state index contributed by atoms with van der Waals surface area (Å²) in [6.07, 6.45) is 0. The van der Waals surface area contributed by atoms with E-state index in [4.69, 9.17) is 28.3 Å². The van der Waals surface area contributed by atoms with Gasteiger partial charge in [-0.1, -0.05) is 41.4 Å². The minimum Gasteiger partial charge on any atom is -0.478 e. The minimum atomic E-state index is -4.05. The first kappa shape index (κ1) is 15.6. The lowest BCUT2D eigenvalue weighted by atomic mass is 10.2. The first-order valence-corrected chi connectivity index (χ1v) is 7.86. The van der Waals surface area contributed by atoms with Crippen molar-refractivity contribution in [2.45, 2.75) is 4.90 Å². The van der Waals surface area contributed by atoms with Gasteiger partial charge in [0.2, 0.25) is 0 Å². The molecule has 2 rings (SSSR count). The van der Waals surface area contributed by atoms with Crippen molar-refractivity contribution in [1.29, 1.82) is 0 Å². The van der Waals surface area contributed by atoms with Crippen LogP contribution in [-0.4, -0.2) is 19.5 Å². The molecule has 5 nitrogen and oxygen atoms in total. The van der Waals surface area contributed by atoms with Crippen LogP contribution >= 0.6 is 23.2 Å². The third-order valence-corrected chi connectivity index (χ3v) is 4.77. The van der Waals surface area contributed by atoms with Gasteiger partial charge in [0.05, 0.1) is 21.3 Å². The molecule has 0 atom stereocenters. The lowest BCUT2D eigenvalue weighted by Gasteiger charge is -2.12. The van der Waals surface area contributed by atoms with E-state index in [2.05, 4.69) is 4.72 Å². The highest BCUT2D eigenvalue weighted by atomic mass is 35.5. The second-order valence-corrected chi connectivity index (χ2v) is 6.47. The largest absolute Gasteiger partial charge is 0.478 e. The van der Waals surface area contributed by atoms with Gasteiger partial charge in [-0.25, -0.2) is 13.2 Å². The molecule has 0 saturated carbocycles. The molecule has 0 unspecified atom stereocenters. The Kier molecular flexibility index (Phi) is 4.41. The number of carbonyl (C=O) groups is 1. The second-order valence-electron chi connectivity index (χ2n) is 4.00. The third-order valence-electron chi connectivity index (χ3n) is 2.61. The number of halogens is 2. The smallest absolute Gasteiger partial charge is 0.337 e. The molecule has 0 saturated heterocycles. The molecule has 8 heteroatoms. The van der Waals surface area contributed by atoms with Crippen molar-refractivity contribution < 1.29 is 18.3 Å². The van der Waals surface area contributed by atoms with Crippen LogP contribution in [0, 0.1) is 0 Å². The summed E-state index contributed by atoms with van der Waals surface area (Å²) in [5.41, 5.74) is -0.454. The second kappa shape index (κ2) is 5.93. The van der Waals surface area contributed by atoms with E-state index in [1.165, 1.54) is 36.4 Å². The van der Waals surface area contributed by atoms with Crippen molar-refractivity contribution in [2.75, 3.05) is 4.72 Å². The lowest BCUT2D eigenvalue weighted by molar-refractivity contribution is 0.0698. The molecular formula is C13H9Cl2NO4S. The van der Waals surface area contributed by atoms with Gasteiger partial charge in [-0.15, -0.1) is 0 Å². The molecule has 0 aliphatic heterocycles. The van der Waals surface area contributed by atoms with Gasteiger partial charge in [0.25, 0.3) is 10.0 Å². The van der Waals surface area contributed by atoms with Crippen LogP contribution in [0.4, 0.5) is 5.69 Å². The summed E-state index contributed by atoms with van der Waals surface area (Å²) in [6, 6.07) is 9.86. The van der Waals surface area contributed by atoms with Gasteiger partial charge in [-0.3, -0.25) is 4.72 Å². The van der Waals surface area contributed by atoms with Crippen LogP contribution in [0.2, 0.25) is 10.0 Å². The predicted molar refractivity (Wildman–Crippen MR) is 80.7 cm³/mol. The molecule has 0 radical (unpaired) electrons. The maximum absolute atomic E-state index is 12.3. The predicted octanol–water partition coefficient (Wildman–Crippen LogP) is 3.49. The van der Waals surface area contributed by atoms with E-state index >= 15 is 0 Å². The summed E-state index contributed by atoms with van der Waals surface area (Å²) >= 11 is 11.7. The number of hydrogen-bond acceptors (Lipinski definition) is 3. The van der Waals surface area contributed by atoms with Crippen molar-refractivity contribution in [3.05, 3.63) is 58.1 Å². The molecule has 2 aromatic rings. The van der Waals surface area contributed by atoms with E-state index < -0.39 is 16.0 Å². The zero-order chi connectivity index (χ0) is 15.6. The summed E-state index contributed by atoms with van der Waals surface area (Å²) in [6.45, 7) is 0.